The largest absolute Gasteiger partial charge is 0.462 e. The third kappa shape index (κ3) is 9.81. The van der Waals surface area contributed by atoms with E-state index in [2.05, 4.69) is 13.2 Å². The highest BCUT2D eigenvalue weighted by molar-refractivity contribution is 5.81. The molecule has 6 heteroatoms. The van der Waals surface area contributed by atoms with Crippen molar-refractivity contribution in [3.8, 4) is 0 Å². The predicted molar refractivity (Wildman–Crippen MR) is 77.5 cm³/mol. The van der Waals surface area contributed by atoms with Gasteiger partial charge in [-0.1, -0.05) is 13.2 Å². The van der Waals surface area contributed by atoms with Crippen LogP contribution in [0.25, 0.3) is 0 Å². The van der Waals surface area contributed by atoms with Crippen LogP contribution in [0.5, 0.6) is 0 Å². The predicted octanol–water partition coefficient (Wildman–Crippen LogP) is 1.24. The minimum absolute atomic E-state index is 0.00850. The summed E-state index contributed by atoms with van der Waals surface area (Å²) < 4.78 is 15.6. The van der Waals surface area contributed by atoms with Crippen LogP contribution in [0, 0.1) is 5.92 Å². The van der Waals surface area contributed by atoms with Gasteiger partial charge in [0.15, 0.2) is 0 Å². The van der Waals surface area contributed by atoms with Crippen LogP contribution in [0.3, 0.4) is 0 Å². The molecule has 0 spiro atoms. The summed E-state index contributed by atoms with van der Waals surface area (Å²) in [5.41, 5.74) is -0.516. The standard InChI is InChI=1S/C15H24O6/c1-5-13(17)19-9-12(10-20-14(18)6-2)11-21-15(3,4)7-8-16/h5-6,12,16H,1-2,7-11H2,3-4H3. The Morgan fingerprint density at radius 2 is 1.57 bits per heavy atom. The number of aliphatic hydroxyl groups excluding tert-OH is 1. The molecule has 0 saturated heterocycles. The summed E-state index contributed by atoms with van der Waals surface area (Å²) >= 11 is 0. The molecule has 0 aliphatic heterocycles. The molecule has 1 N–H and O–H groups in total. The molecule has 0 saturated carbocycles. The summed E-state index contributed by atoms with van der Waals surface area (Å²) in [6.07, 6.45) is 2.59. The van der Waals surface area contributed by atoms with Crippen LogP contribution < -0.4 is 0 Å². The lowest BCUT2D eigenvalue weighted by Crippen LogP contribution is -2.32. The number of hydrogen-bond acceptors (Lipinski definition) is 6. The van der Waals surface area contributed by atoms with E-state index in [1.807, 2.05) is 13.8 Å². The molecule has 0 atom stereocenters. The second kappa shape index (κ2) is 10.1. The third-order valence-corrected chi connectivity index (χ3v) is 2.68. The fourth-order valence-electron chi connectivity index (χ4n) is 1.35. The van der Waals surface area contributed by atoms with Crippen molar-refractivity contribution < 1.29 is 28.9 Å². The Morgan fingerprint density at radius 3 is 1.95 bits per heavy atom. The van der Waals surface area contributed by atoms with E-state index in [1.54, 1.807) is 0 Å². The van der Waals surface area contributed by atoms with Crippen molar-refractivity contribution in [1.82, 2.24) is 0 Å². The molecular weight excluding hydrogens is 276 g/mol. The Hall–Kier alpha value is -1.66. The van der Waals surface area contributed by atoms with Crippen LogP contribution in [0.15, 0.2) is 25.3 Å². The average molecular weight is 300 g/mol. The Kier molecular flexibility index (Phi) is 9.32. The normalized spacial score (nSPS) is 11.0. The monoisotopic (exact) mass is 300 g/mol. The van der Waals surface area contributed by atoms with Crippen molar-refractivity contribution in [3.63, 3.8) is 0 Å². The quantitative estimate of drug-likeness (QED) is 0.456. The Balaban J connectivity index is 4.41. The van der Waals surface area contributed by atoms with Gasteiger partial charge >= 0.3 is 11.9 Å². The summed E-state index contributed by atoms with van der Waals surface area (Å²) in [5.74, 6) is -1.41. The van der Waals surface area contributed by atoms with Crippen molar-refractivity contribution in [2.75, 3.05) is 26.4 Å². The third-order valence-electron chi connectivity index (χ3n) is 2.68. The summed E-state index contributed by atoms with van der Waals surface area (Å²) in [5, 5.41) is 8.94. The fraction of sp³-hybridized carbons (Fsp3) is 0.600. The Bertz CT molecular complexity index is 337. The van der Waals surface area contributed by atoms with E-state index in [4.69, 9.17) is 19.3 Å². The zero-order valence-corrected chi connectivity index (χ0v) is 12.7. The van der Waals surface area contributed by atoms with Crippen LogP contribution in [-0.2, 0) is 23.8 Å². The van der Waals surface area contributed by atoms with Gasteiger partial charge in [-0.25, -0.2) is 9.59 Å². The van der Waals surface area contributed by atoms with Gasteiger partial charge in [-0.3, -0.25) is 0 Å². The molecule has 0 fully saturated rings. The van der Waals surface area contributed by atoms with E-state index in [1.165, 1.54) is 0 Å². The highest BCUT2D eigenvalue weighted by Crippen LogP contribution is 2.16. The topological polar surface area (TPSA) is 82.1 Å². The zero-order valence-electron chi connectivity index (χ0n) is 12.7. The highest BCUT2D eigenvalue weighted by Gasteiger charge is 2.21. The zero-order chi connectivity index (χ0) is 16.3. The molecule has 0 aliphatic carbocycles. The van der Waals surface area contributed by atoms with Crippen molar-refractivity contribution in [3.05, 3.63) is 25.3 Å². The van der Waals surface area contributed by atoms with Gasteiger partial charge in [-0.15, -0.1) is 0 Å². The molecule has 0 radical (unpaired) electrons. The average Bonchev–Trinajstić information content (AvgIpc) is 2.45. The minimum Gasteiger partial charge on any atom is -0.462 e. The molecule has 0 aromatic carbocycles. The van der Waals surface area contributed by atoms with Crippen molar-refractivity contribution in [1.29, 1.82) is 0 Å². The van der Waals surface area contributed by atoms with Crippen LogP contribution in [0.2, 0.25) is 0 Å². The number of esters is 2. The van der Waals surface area contributed by atoms with E-state index in [0.717, 1.165) is 12.2 Å². The lowest BCUT2D eigenvalue weighted by molar-refractivity contribution is -0.146. The van der Waals surface area contributed by atoms with Crippen molar-refractivity contribution >= 4 is 11.9 Å². The van der Waals surface area contributed by atoms with Gasteiger partial charge in [0.1, 0.15) is 0 Å². The molecule has 21 heavy (non-hydrogen) atoms. The number of ether oxygens (including phenoxy) is 3. The molecule has 0 aromatic heterocycles. The number of carbonyl (C=O) groups excluding carboxylic acids is 2. The molecule has 0 aromatic rings. The van der Waals surface area contributed by atoms with Gasteiger partial charge in [-0.2, -0.15) is 0 Å². The van der Waals surface area contributed by atoms with E-state index in [-0.39, 0.29) is 32.3 Å². The number of rotatable bonds is 11. The molecule has 6 nitrogen and oxygen atoms in total. The SMILES string of the molecule is C=CC(=O)OCC(COC(=O)C=C)COC(C)(C)CCO. The van der Waals surface area contributed by atoms with Crippen LogP contribution in [-0.4, -0.2) is 49.1 Å². The second-order valence-corrected chi connectivity index (χ2v) is 5.08. The summed E-state index contributed by atoms with van der Waals surface area (Å²) in [6.45, 7) is 10.6. The number of aliphatic hydroxyl groups is 1. The molecule has 0 unspecified atom stereocenters. The fourth-order valence-corrected chi connectivity index (χ4v) is 1.35. The van der Waals surface area contributed by atoms with Crippen LogP contribution in [0.4, 0.5) is 0 Å². The maximum absolute atomic E-state index is 11.1. The van der Waals surface area contributed by atoms with Crippen molar-refractivity contribution in [2.45, 2.75) is 25.9 Å². The van der Waals surface area contributed by atoms with E-state index >= 15 is 0 Å². The van der Waals surface area contributed by atoms with Crippen LogP contribution >= 0.6 is 0 Å². The molecule has 120 valence electrons. The molecular formula is C15H24O6. The Morgan fingerprint density at radius 1 is 1.10 bits per heavy atom. The number of carbonyl (C=O) groups is 2. The lowest BCUT2D eigenvalue weighted by Gasteiger charge is -2.27. The summed E-state index contributed by atoms with van der Waals surface area (Å²) in [7, 11) is 0. The van der Waals surface area contributed by atoms with Gasteiger partial charge < -0.3 is 19.3 Å². The van der Waals surface area contributed by atoms with Gasteiger partial charge in [0.25, 0.3) is 0 Å². The van der Waals surface area contributed by atoms with E-state index in [9.17, 15) is 9.59 Å². The molecule has 0 amide bonds. The summed E-state index contributed by atoms with van der Waals surface area (Å²) in [4.78, 5) is 22.2. The first-order valence-corrected chi connectivity index (χ1v) is 6.68. The maximum atomic E-state index is 11.1. The molecule has 0 heterocycles. The molecule has 0 bridgehead atoms. The van der Waals surface area contributed by atoms with Gasteiger partial charge in [0.05, 0.1) is 31.3 Å². The van der Waals surface area contributed by atoms with Gasteiger partial charge in [0, 0.05) is 18.8 Å². The first-order valence-electron chi connectivity index (χ1n) is 6.68. The molecule has 0 rings (SSSR count). The smallest absolute Gasteiger partial charge is 0.330 e. The van der Waals surface area contributed by atoms with Gasteiger partial charge in [-0.05, 0) is 20.3 Å². The highest BCUT2D eigenvalue weighted by atomic mass is 16.6. The molecule has 0 aliphatic rings. The first-order chi connectivity index (χ1) is 9.84. The van der Waals surface area contributed by atoms with Crippen molar-refractivity contribution in [2.24, 2.45) is 5.92 Å². The summed E-state index contributed by atoms with van der Waals surface area (Å²) in [6, 6.07) is 0. The van der Waals surface area contributed by atoms with Crippen LogP contribution in [0.1, 0.15) is 20.3 Å². The minimum atomic E-state index is -0.551. The number of hydrogen-bond donors (Lipinski definition) is 1. The Labute approximate surface area is 125 Å². The van der Waals surface area contributed by atoms with Gasteiger partial charge in [0.2, 0.25) is 0 Å². The van der Waals surface area contributed by atoms with E-state index in [0.29, 0.717) is 6.42 Å². The second-order valence-electron chi connectivity index (χ2n) is 5.08. The first kappa shape index (κ1) is 19.3. The maximum Gasteiger partial charge on any atom is 0.330 e. The van der Waals surface area contributed by atoms with E-state index < -0.39 is 17.5 Å². The lowest BCUT2D eigenvalue weighted by atomic mass is 10.1.